The molecule has 0 amide bonds. The van der Waals surface area contributed by atoms with Crippen molar-refractivity contribution in [1.29, 1.82) is 0 Å². The second kappa shape index (κ2) is 4.14. The van der Waals surface area contributed by atoms with E-state index in [1.807, 2.05) is 24.3 Å². The van der Waals surface area contributed by atoms with E-state index in [1.165, 1.54) is 9.79 Å². The number of hydrogen-bond donors (Lipinski definition) is 2. The van der Waals surface area contributed by atoms with Crippen LogP contribution in [0.25, 0.3) is 10.9 Å². The first-order valence-corrected chi connectivity index (χ1v) is 6.11. The molecule has 0 saturated heterocycles. The molecule has 0 fully saturated rings. The Morgan fingerprint density at radius 2 is 1.82 bits per heavy atom. The highest BCUT2D eigenvalue weighted by Gasteiger charge is 2.03. The van der Waals surface area contributed by atoms with Gasteiger partial charge in [0.2, 0.25) is 0 Å². The summed E-state index contributed by atoms with van der Waals surface area (Å²) in [7, 11) is 0. The Kier molecular flexibility index (Phi) is 2.49. The largest absolute Gasteiger partial charge is 0.382 e. The van der Waals surface area contributed by atoms with Crippen molar-refractivity contribution >= 4 is 28.5 Å². The molecule has 0 aliphatic heterocycles. The smallest absolute Gasteiger partial charge is 0.153 e. The minimum absolute atomic E-state index is 0.552. The van der Waals surface area contributed by atoms with Gasteiger partial charge in [0.15, 0.2) is 5.82 Å². The number of hydrogen-bond acceptors (Lipinski definition) is 3. The van der Waals surface area contributed by atoms with Gasteiger partial charge in [-0.15, -0.1) is 0 Å². The van der Waals surface area contributed by atoms with Crippen molar-refractivity contribution in [2.45, 2.75) is 9.79 Å². The van der Waals surface area contributed by atoms with Crippen molar-refractivity contribution in [3.05, 3.63) is 48.5 Å². The van der Waals surface area contributed by atoms with Gasteiger partial charge in [-0.3, -0.25) is 5.10 Å². The standard InChI is InChI=1S/C13H11N3S/c14-13-11-7-6-10(8-12(11)15-16-13)17-9-4-2-1-3-5-9/h1-8H,(H3,14,15,16). The third-order valence-corrected chi connectivity index (χ3v) is 3.54. The quantitative estimate of drug-likeness (QED) is 0.723. The number of benzene rings is 2. The van der Waals surface area contributed by atoms with Crippen LogP contribution in [0.3, 0.4) is 0 Å². The molecule has 0 radical (unpaired) electrons. The van der Waals surface area contributed by atoms with Crippen LogP contribution in [-0.2, 0) is 0 Å². The molecule has 0 unspecified atom stereocenters. The lowest BCUT2D eigenvalue weighted by molar-refractivity contribution is 1.12. The molecule has 0 bridgehead atoms. The van der Waals surface area contributed by atoms with Crippen molar-refractivity contribution in [1.82, 2.24) is 10.2 Å². The number of rotatable bonds is 2. The minimum atomic E-state index is 0.552. The van der Waals surface area contributed by atoms with Gasteiger partial charge in [-0.1, -0.05) is 30.0 Å². The molecule has 0 saturated carbocycles. The van der Waals surface area contributed by atoms with E-state index >= 15 is 0 Å². The van der Waals surface area contributed by atoms with Gasteiger partial charge >= 0.3 is 0 Å². The average molecular weight is 241 g/mol. The number of nitrogens with one attached hydrogen (secondary N) is 1. The second-order valence-electron chi connectivity index (χ2n) is 3.73. The third-order valence-electron chi connectivity index (χ3n) is 2.54. The number of nitrogens with zero attached hydrogens (tertiary/aromatic N) is 1. The Labute approximate surface area is 103 Å². The average Bonchev–Trinajstić information content (AvgIpc) is 2.72. The Bertz CT molecular complexity index is 646. The molecule has 3 nitrogen and oxygen atoms in total. The predicted octanol–water partition coefficient (Wildman–Crippen LogP) is 3.30. The van der Waals surface area contributed by atoms with Crippen LogP contribution in [0.2, 0.25) is 0 Å². The van der Waals surface area contributed by atoms with Crippen LogP contribution < -0.4 is 5.73 Å². The van der Waals surface area contributed by atoms with Gasteiger partial charge in [0, 0.05) is 15.2 Å². The number of nitrogens with two attached hydrogens (primary N) is 1. The maximum absolute atomic E-state index is 5.73. The van der Waals surface area contributed by atoms with Gasteiger partial charge in [0.1, 0.15) is 0 Å². The molecule has 4 heteroatoms. The zero-order valence-electron chi connectivity index (χ0n) is 9.05. The van der Waals surface area contributed by atoms with Crippen molar-refractivity contribution in [3.63, 3.8) is 0 Å². The third kappa shape index (κ3) is 1.99. The van der Waals surface area contributed by atoms with Crippen LogP contribution in [0, 0.1) is 0 Å². The molecule has 0 aliphatic carbocycles. The van der Waals surface area contributed by atoms with E-state index in [9.17, 15) is 0 Å². The SMILES string of the molecule is Nc1n[nH]c2cc(Sc3ccccc3)ccc12. The monoisotopic (exact) mass is 241 g/mol. The van der Waals surface area contributed by atoms with E-state index in [0.717, 1.165) is 10.9 Å². The van der Waals surface area contributed by atoms with Gasteiger partial charge < -0.3 is 5.73 Å². The normalized spacial score (nSPS) is 10.8. The van der Waals surface area contributed by atoms with Crippen LogP contribution in [0.5, 0.6) is 0 Å². The van der Waals surface area contributed by atoms with Crippen molar-refractivity contribution in [2.75, 3.05) is 5.73 Å². The highest BCUT2D eigenvalue weighted by molar-refractivity contribution is 7.99. The molecule has 84 valence electrons. The molecule has 17 heavy (non-hydrogen) atoms. The van der Waals surface area contributed by atoms with Gasteiger partial charge in [-0.25, -0.2) is 0 Å². The molecular formula is C13H11N3S. The molecule has 0 atom stereocenters. The number of anilines is 1. The predicted molar refractivity (Wildman–Crippen MR) is 71.1 cm³/mol. The summed E-state index contributed by atoms with van der Waals surface area (Å²) in [6.07, 6.45) is 0. The zero-order valence-corrected chi connectivity index (χ0v) is 9.87. The first-order valence-electron chi connectivity index (χ1n) is 5.29. The fourth-order valence-corrected chi connectivity index (χ4v) is 2.59. The van der Waals surface area contributed by atoms with Crippen LogP contribution in [0.4, 0.5) is 5.82 Å². The molecule has 3 aromatic rings. The van der Waals surface area contributed by atoms with E-state index < -0.39 is 0 Å². The van der Waals surface area contributed by atoms with Gasteiger partial charge in [-0.2, -0.15) is 5.10 Å². The summed E-state index contributed by atoms with van der Waals surface area (Å²) in [6, 6.07) is 16.4. The number of aromatic nitrogens is 2. The Balaban J connectivity index is 1.96. The summed E-state index contributed by atoms with van der Waals surface area (Å²) >= 11 is 1.72. The summed E-state index contributed by atoms with van der Waals surface area (Å²) < 4.78 is 0. The van der Waals surface area contributed by atoms with Crippen LogP contribution in [0.1, 0.15) is 0 Å². The van der Waals surface area contributed by atoms with Crippen LogP contribution in [0.15, 0.2) is 58.3 Å². The fourth-order valence-electron chi connectivity index (χ4n) is 1.71. The fraction of sp³-hybridized carbons (Fsp3) is 0. The van der Waals surface area contributed by atoms with E-state index in [1.54, 1.807) is 11.8 Å². The topological polar surface area (TPSA) is 54.7 Å². The number of fused-ring (bicyclic) bond motifs is 1. The van der Waals surface area contributed by atoms with E-state index in [0.29, 0.717) is 5.82 Å². The molecule has 0 aliphatic rings. The molecular weight excluding hydrogens is 230 g/mol. The Morgan fingerprint density at radius 3 is 2.65 bits per heavy atom. The van der Waals surface area contributed by atoms with Crippen LogP contribution in [-0.4, -0.2) is 10.2 Å². The summed E-state index contributed by atoms with van der Waals surface area (Å²) in [6.45, 7) is 0. The first kappa shape index (κ1) is 10.2. The van der Waals surface area contributed by atoms with Gasteiger partial charge in [-0.05, 0) is 30.3 Å². The van der Waals surface area contributed by atoms with E-state index in [-0.39, 0.29) is 0 Å². The zero-order chi connectivity index (χ0) is 11.7. The lowest BCUT2D eigenvalue weighted by Crippen LogP contribution is -1.83. The highest BCUT2D eigenvalue weighted by atomic mass is 32.2. The molecule has 2 aromatic carbocycles. The van der Waals surface area contributed by atoms with Crippen LogP contribution >= 0.6 is 11.8 Å². The maximum Gasteiger partial charge on any atom is 0.153 e. The maximum atomic E-state index is 5.73. The number of nitrogen functional groups attached to an aromatic ring is 1. The van der Waals surface area contributed by atoms with E-state index in [4.69, 9.17) is 5.73 Å². The summed E-state index contributed by atoms with van der Waals surface area (Å²) in [5.74, 6) is 0.552. The Morgan fingerprint density at radius 1 is 1.00 bits per heavy atom. The van der Waals surface area contributed by atoms with Crippen molar-refractivity contribution in [2.24, 2.45) is 0 Å². The highest BCUT2D eigenvalue weighted by Crippen LogP contribution is 2.30. The lowest BCUT2D eigenvalue weighted by Gasteiger charge is -2.01. The Hall–Kier alpha value is -1.94. The molecule has 1 heterocycles. The molecule has 3 rings (SSSR count). The summed E-state index contributed by atoms with van der Waals surface area (Å²) in [4.78, 5) is 2.40. The lowest BCUT2D eigenvalue weighted by atomic mass is 10.2. The number of aromatic amines is 1. The summed E-state index contributed by atoms with van der Waals surface area (Å²) in [5, 5.41) is 7.89. The molecule has 3 N–H and O–H groups in total. The second-order valence-corrected chi connectivity index (χ2v) is 4.88. The minimum Gasteiger partial charge on any atom is -0.382 e. The molecule has 1 aromatic heterocycles. The molecule has 0 spiro atoms. The first-order chi connectivity index (χ1) is 8.33. The van der Waals surface area contributed by atoms with Crippen molar-refractivity contribution < 1.29 is 0 Å². The van der Waals surface area contributed by atoms with Crippen molar-refractivity contribution in [3.8, 4) is 0 Å². The summed E-state index contributed by atoms with van der Waals surface area (Å²) in [5.41, 5.74) is 6.71. The van der Waals surface area contributed by atoms with E-state index in [2.05, 4.69) is 34.5 Å². The number of H-pyrrole nitrogens is 1. The van der Waals surface area contributed by atoms with Gasteiger partial charge in [0.05, 0.1) is 5.52 Å². The van der Waals surface area contributed by atoms with Gasteiger partial charge in [0.25, 0.3) is 0 Å².